The van der Waals surface area contributed by atoms with Crippen LogP contribution in [0.5, 0.6) is 5.75 Å². The van der Waals surface area contributed by atoms with E-state index in [1.807, 2.05) is 0 Å². The number of ketones is 1. The fraction of sp³-hybridized carbons (Fsp3) is 0.316. The molecular formula is C19H20FNO4S. The molecule has 0 N–H and O–H groups in total. The van der Waals surface area contributed by atoms with Crippen LogP contribution in [-0.2, 0) is 10.0 Å². The van der Waals surface area contributed by atoms with Gasteiger partial charge in [0.15, 0.2) is 12.4 Å². The predicted molar refractivity (Wildman–Crippen MR) is 95.3 cm³/mol. The summed E-state index contributed by atoms with van der Waals surface area (Å²) in [7, 11) is -3.48. The molecule has 0 radical (unpaired) electrons. The van der Waals surface area contributed by atoms with Gasteiger partial charge in [0, 0.05) is 18.7 Å². The summed E-state index contributed by atoms with van der Waals surface area (Å²) in [5, 5.41) is 0. The molecule has 3 rings (SSSR count). The summed E-state index contributed by atoms with van der Waals surface area (Å²) in [5.74, 6) is -0.291. The van der Waals surface area contributed by atoms with Crippen LogP contribution in [0.15, 0.2) is 53.4 Å². The van der Waals surface area contributed by atoms with Crippen LogP contribution >= 0.6 is 0 Å². The lowest BCUT2D eigenvalue weighted by atomic mass is 10.1. The van der Waals surface area contributed by atoms with Crippen molar-refractivity contribution < 1.29 is 22.3 Å². The number of Topliss-reactive ketones (excluding diaryl/α,β-unsaturated/α-hetero) is 1. The zero-order chi connectivity index (χ0) is 18.6. The molecule has 2 aromatic carbocycles. The Morgan fingerprint density at radius 2 is 1.58 bits per heavy atom. The first-order valence-electron chi connectivity index (χ1n) is 8.48. The van der Waals surface area contributed by atoms with Gasteiger partial charge in [0.2, 0.25) is 10.0 Å². The number of rotatable bonds is 6. The molecule has 2 aromatic rings. The third-order valence-corrected chi connectivity index (χ3v) is 6.23. The predicted octanol–water partition coefficient (Wildman–Crippen LogP) is 3.26. The number of ether oxygens (including phenoxy) is 1. The van der Waals surface area contributed by atoms with E-state index < -0.39 is 15.8 Å². The van der Waals surface area contributed by atoms with Gasteiger partial charge in [0.25, 0.3) is 0 Å². The molecule has 138 valence electrons. The van der Waals surface area contributed by atoms with Crippen molar-refractivity contribution in [2.24, 2.45) is 0 Å². The van der Waals surface area contributed by atoms with Gasteiger partial charge in [-0.3, -0.25) is 4.79 Å². The van der Waals surface area contributed by atoms with Gasteiger partial charge >= 0.3 is 0 Å². The number of piperidine rings is 1. The van der Waals surface area contributed by atoms with Crippen LogP contribution in [-0.4, -0.2) is 38.2 Å². The average Bonchev–Trinajstić information content (AvgIpc) is 2.67. The first kappa shape index (κ1) is 18.5. The minimum atomic E-state index is -3.48. The molecule has 5 nitrogen and oxygen atoms in total. The molecule has 0 amide bonds. The molecule has 0 unspecified atom stereocenters. The maximum Gasteiger partial charge on any atom is 0.243 e. The molecule has 1 fully saturated rings. The van der Waals surface area contributed by atoms with Crippen molar-refractivity contribution in [3.8, 4) is 5.75 Å². The molecule has 26 heavy (non-hydrogen) atoms. The Labute approximate surface area is 152 Å². The van der Waals surface area contributed by atoms with Crippen LogP contribution in [0, 0.1) is 5.82 Å². The second-order valence-corrected chi connectivity index (χ2v) is 8.09. The number of carbonyl (C=O) groups excluding carboxylic acids is 1. The van der Waals surface area contributed by atoms with Gasteiger partial charge in [-0.05, 0) is 61.4 Å². The summed E-state index contributed by atoms with van der Waals surface area (Å²) >= 11 is 0. The van der Waals surface area contributed by atoms with E-state index >= 15 is 0 Å². The van der Waals surface area contributed by atoms with E-state index in [1.165, 1.54) is 52.8 Å². The quantitative estimate of drug-likeness (QED) is 0.725. The Balaban J connectivity index is 1.62. The van der Waals surface area contributed by atoms with Gasteiger partial charge in [-0.25, -0.2) is 12.8 Å². The second-order valence-electron chi connectivity index (χ2n) is 6.15. The zero-order valence-corrected chi connectivity index (χ0v) is 15.0. The van der Waals surface area contributed by atoms with Crippen LogP contribution in [0.2, 0.25) is 0 Å². The first-order valence-corrected chi connectivity index (χ1v) is 9.92. The van der Waals surface area contributed by atoms with Crippen molar-refractivity contribution in [2.45, 2.75) is 24.2 Å². The summed E-state index contributed by atoms with van der Waals surface area (Å²) in [6.45, 7) is 0.892. The number of hydrogen-bond acceptors (Lipinski definition) is 4. The summed E-state index contributed by atoms with van der Waals surface area (Å²) in [4.78, 5) is 12.2. The highest BCUT2D eigenvalue weighted by atomic mass is 32.2. The van der Waals surface area contributed by atoms with E-state index in [0.29, 0.717) is 24.4 Å². The highest BCUT2D eigenvalue weighted by molar-refractivity contribution is 7.89. The molecule has 1 aliphatic rings. The van der Waals surface area contributed by atoms with E-state index in [4.69, 9.17) is 4.74 Å². The van der Waals surface area contributed by atoms with Gasteiger partial charge in [0.1, 0.15) is 11.6 Å². The first-order chi connectivity index (χ1) is 12.5. The van der Waals surface area contributed by atoms with Crippen LogP contribution in [0.1, 0.15) is 29.6 Å². The average molecular weight is 377 g/mol. The van der Waals surface area contributed by atoms with Gasteiger partial charge in [-0.15, -0.1) is 0 Å². The molecule has 0 spiro atoms. The van der Waals surface area contributed by atoms with Crippen molar-refractivity contribution in [3.63, 3.8) is 0 Å². The zero-order valence-electron chi connectivity index (χ0n) is 14.2. The molecular weight excluding hydrogens is 357 g/mol. The van der Waals surface area contributed by atoms with E-state index in [-0.39, 0.29) is 17.3 Å². The Hall–Kier alpha value is -2.25. The van der Waals surface area contributed by atoms with Gasteiger partial charge in [0.05, 0.1) is 4.90 Å². The molecule has 1 aliphatic heterocycles. The molecule has 0 bridgehead atoms. The Kier molecular flexibility index (Phi) is 5.68. The smallest absolute Gasteiger partial charge is 0.243 e. The minimum absolute atomic E-state index is 0.205. The Morgan fingerprint density at radius 1 is 0.962 bits per heavy atom. The fourth-order valence-electron chi connectivity index (χ4n) is 2.83. The largest absolute Gasteiger partial charge is 0.485 e. The third-order valence-electron chi connectivity index (χ3n) is 4.31. The number of carbonyl (C=O) groups is 1. The summed E-state index contributed by atoms with van der Waals surface area (Å²) in [6, 6.07) is 11.3. The molecule has 1 saturated heterocycles. The third kappa shape index (κ3) is 4.28. The maximum atomic E-state index is 12.9. The number of benzene rings is 2. The molecule has 1 heterocycles. The number of hydrogen-bond donors (Lipinski definition) is 0. The second kappa shape index (κ2) is 7.97. The Bertz CT molecular complexity index is 857. The van der Waals surface area contributed by atoms with E-state index in [0.717, 1.165) is 19.3 Å². The highest BCUT2D eigenvalue weighted by Crippen LogP contribution is 2.22. The molecule has 7 heteroatoms. The topological polar surface area (TPSA) is 63.7 Å². The summed E-state index contributed by atoms with van der Waals surface area (Å²) < 4.78 is 44.9. The lowest BCUT2D eigenvalue weighted by Gasteiger charge is -2.25. The van der Waals surface area contributed by atoms with Crippen LogP contribution in [0.25, 0.3) is 0 Å². The molecule has 0 atom stereocenters. The van der Waals surface area contributed by atoms with E-state index in [1.54, 1.807) is 0 Å². The van der Waals surface area contributed by atoms with Gasteiger partial charge in [-0.2, -0.15) is 4.31 Å². The monoisotopic (exact) mass is 377 g/mol. The van der Waals surface area contributed by atoms with Crippen LogP contribution in [0.4, 0.5) is 4.39 Å². The van der Waals surface area contributed by atoms with Crippen LogP contribution in [0.3, 0.4) is 0 Å². The molecule has 0 saturated carbocycles. The van der Waals surface area contributed by atoms with Gasteiger partial charge < -0.3 is 4.74 Å². The molecule has 0 aromatic heterocycles. The van der Waals surface area contributed by atoms with Crippen molar-refractivity contribution >= 4 is 15.8 Å². The lowest BCUT2D eigenvalue weighted by Crippen LogP contribution is -2.35. The fourth-order valence-corrected chi connectivity index (χ4v) is 4.35. The van der Waals surface area contributed by atoms with Crippen LogP contribution < -0.4 is 4.74 Å². The standard InChI is InChI=1S/C19H20FNO4S/c20-16-6-4-15(5-7-16)19(22)14-25-17-8-10-18(11-9-17)26(23,24)21-12-2-1-3-13-21/h4-11H,1-3,12-14H2. The van der Waals surface area contributed by atoms with E-state index in [9.17, 15) is 17.6 Å². The van der Waals surface area contributed by atoms with Crippen molar-refractivity contribution in [1.29, 1.82) is 0 Å². The SMILES string of the molecule is O=C(COc1ccc(S(=O)(=O)N2CCCCC2)cc1)c1ccc(F)cc1. The summed E-state index contributed by atoms with van der Waals surface area (Å²) in [5.41, 5.74) is 0.357. The number of nitrogens with zero attached hydrogens (tertiary/aromatic N) is 1. The molecule has 0 aliphatic carbocycles. The van der Waals surface area contributed by atoms with Crippen molar-refractivity contribution in [2.75, 3.05) is 19.7 Å². The van der Waals surface area contributed by atoms with Gasteiger partial charge in [-0.1, -0.05) is 6.42 Å². The summed E-state index contributed by atoms with van der Waals surface area (Å²) in [6.07, 6.45) is 2.82. The number of sulfonamides is 1. The van der Waals surface area contributed by atoms with Crippen molar-refractivity contribution in [3.05, 3.63) is 59.9 Å². The van der Waals surface area contributed by atoms with E-state index in [2.05, 4.69) is 0 Å². The number of halogens is 1. The Morgan fingerprint density at radius 3 is 2.19 bits per heavy atom. The van der Waals surface area contributed by atoms with Crippen molar-refractivity contribution in [1.82, 2.24) is 4.31 Å². The lowest BCUT2D eigenvalue weighted by molar-refractivity contribution is 0.0921. The minimum Gasteiger partial charge on any atom is -0.485 e. The maximum absolute atomic E-state index is 12.9. The highest BCUT2D eigenvalue weighted by Gasteiger charge is 2.25. The normalized spacial score (nSPS) is 15.6.